The van der Waals surface area contributed by atoms with Crippen molar-refractivity contribution in [3.05, 3.63) is 18.2 Å². The number of nitrogens with zero attached hydrogens (tertiary/aromatic N) is 1. The molecule has 0 bridgehead atoms. The third-order valence-electron chi connectivity index (χ3n) is 0.955. The molecule has 0 fully saturated rings. The van der Waals surface area contributed by atoms with Crippen molar-refractivity contribution >= 4 is 7.82 Å². The number of aromatic amines is 1. The molecule has 14 heavy (non-hydrogen) atoms. The Morgan fingerprint density at radius 2 is 2.00 bits per heavy atom. The second-order valence-corrected chi connectivity index (χ2v) is 3.14. The fraction of sp³-hybridized carbons (Fsp3) is 0.400. The maximum Gasteiger partial charge on any atom is 0.466 e. The number of imidazole rings is 1. The van der Waals surface area contributed by atoms with E-state index in [-0.39, 0.29) is 5.48 Å². The van der Waals surface area contributed by atoms with Crippen molar-refractivity contribution in [3.63, 3.8) is 0 Å². The normalized spacial score (nSPS) is 9.71. The number of hydrogen-bond acceptors (Lipinski definition) is 3. The predicted octanol–water partition coefficient (Wildman–Crippen LogP) is -1.84. The highest BCUT2D eigenvalue weighted by Gasteiger charge is 2.00. The van der Waals surface area contributed by atoms with Gasteiger partial charge in [-0.05, 0) is 6.54 Å². The van der Waals surface area contributed by atoms with E-state index in [0.29, 0.717) is 6.54 Å². The van der Waals surface area contributed by atoms with Gasteiger partial charge in [-0.2, -0.15) is 0 Å². The van der Waals surface area contributed by atoms with E-state index in [1.807, 2.05) is 6.20 Å². The highest BCUT2D eigenvalue weighted by molar-refractivity contribution is 7.45. The standard InChI is InChI=1S/C5H9N3.H3O4P.H2O/c6-2-1-5-3-7-4-8-5;1-5(2,3)4;/h3-4H,1-2,6H2,(H,7,8);(H3,1,2,3,4);1H2. The topological polar surface area (TPSA) is 164 Å². The third kappa shape index (κ3) is 13.8. The number of aromatic nitrogens is 2. The van der Waals surface area contributed by atoms with Crippen LogP contribution in [0.1, 0.15) is 5.69 Å². The van der Waals surface area contributed by atoms with Gasteiger partial charge in [0.1, 0.15) is 0 Å². The average molecular weight is 227 g/mol. The summed E-state index contributed by atoms with van der Waals surface area (Å²) < 4.78 is 8.88. The lowest BCUT2D eigenvalue weighted by Crippen LogP contribution is -2.02. The summed E-state index contributed by atoms with van der Waals surface area (Å²) in [5, 5.41) is 0. The first kappa shape index (κ1) is 15.7. The molecule has 0 radical (unpaired) electrons. The molecule has 8 N–H and O–H groups in total. The average Bonchev–Trinajstić information content (AvgIpc) is 2.36. The molecular weight excluding hydrogens is 213 g/mol. The summed E-state index contributed by atoms with van der Waals surface area (Å²) in [5.74, 6) is 0. The molecule has 1 rings (SSSR count). The first-order valence-electron chi connectivity index (χ1n) is 3.39. The van der Waals surface area contributed by atoms with Gasteiger partial charge in [0, 0.05) is 12.6 Å². The Bertz CT molecular complexity index is 250. The summed E-state index contributed by atoms with van der Waals surface area (Å²) in [4.78, 5) is 28.4. The molecule has 0 saturated carbocycles. The van der Waals surface area contributed by atoms with E-state index in [2.05, 4.69) is 9.97 Å². The second kappa shape index (κ2) is 7.63. The molecule has 1 aromatic rings. The number of H-pyrrole nitrogens is 1. The Balaban J connectivity index is 0. The lowest BCUT2D eigenvalue weighted by molar-refractivity contribution is 0.275. The molecule has 84 valence electrons. The van der Waals surface area contributed by atoms with E-state index in [1.165, 1.54) is 0 Å². The van der Waals surface area contributed by atoms with Crippen molar-refractivity contribution in [3.8, 4) is 0 Å². The molecule has 0 aliphatic rings. The Morgan fingerprint density at radius 1 is 1.50 bits per heavy atom. The molecule has 8 nitrogen and oxygen atoms in total. The number of phosphoric acid groups is 1. The van der Waals surface area contributed by atoms with E-state index in [9.17, 15) is 0 Å². The first-order chi connectivity index (χ1) is 5.93. The van der Waals surface area contributed by atoms with Gasteiger partial charge in [0.2, 0.25) is 0 Å². The Labute approximate surface area is 80.3 Å². The fourth-order valence-corrected chi connectivity index (χ4v) is 0.576. The molecule has 0 aliphatic heterocycles. The lowest BCUT2D eigenvalue weighted by Gasteiger charge is -1.85. The smallest absolute Gasteiger partial charge is 0.412 e. The van der Waals surface area contributed by atoms with Crippen molar-refractivity contribution in [2.45, 2.75) is 6.42 Å². The number of hydrogen-bond donors (Lipinski definition) is 5. The maximum atomic E-state index is 8.88. The number of nitrogens with two attached hydrogens (primary N) is 1. The van der Waals surface area contributed by atoms with Crippen LogP contribution in [0, 0.1) is 0 Å². The molecular formula is C5H14N3O5P. The summed E-state index contributed by atoms with van der Waals surface area (Å²) in [7, 11) is -4.64. The van der Waals surface area contributed by atoms with Gasteiger partial charge in [0.25, 0.3) is 0 Å². The molecule has 0 atom stereocenters. The van der Waals surface area contributed by atoms with Crippen LogP contribution in [0.25, 0.3) is 0 Å². The van der Waals surface area contributed by atoms with Crippen LogP contribution in [0.2, 0.25) is 0 Å². The number of rotatable bonds is 2. The molecule has 1 aromatic heterocycles. The van der Waals surface area contributed by atoms with Crippen molar-refractivity contribution < 1.29 is 24.7 Å². The molecule has 0 aliphatic carbocycles. The van der Waals surface area contributed by atoms with E-state index in [0.717, 1.165) is 12.1 Å². The van der Waals surface area contributed by atoms with Gasteiger partial charge < -0.3 is 30.9 Å². The lowest BCUT2D eigenvalue weighted by atomic mass is 10.3. The van der Waals surface area contributed by atoms with Crippen LogP contribution < -0.4 is 5.73 Å². The highest BCUT2D eigenvalue weighted by atomic mass is 31.2. The minimum atomic E-state index is -4.64. The minimum Gasteiger partial charge on any atom is -0.412 e. The molecule has 1 heterocycles. The molecule has 0 spiro atoms. The van der Waals surface area contributed by atoms with Crippen LogP contribution in [0.15, 0.2) is 12.5 Å². The van der Waals surface area contributed by atoms with Gasteiger partial charge in [0.15, 0.2) is 0 Å². The van der Waals surface area contributed by atoms with E-state index >= 15 is 0 Å². The number of nitrogens with one attached hydrogen (secondary N) is 1. The van der Waals surface area contributed by atoms with Crippen molar-refractivity contribution in [1.82, 2.24) is 9.97 Å². The fourth-order valence-electron chi connectivity index (χ4n) is 0.576. The highest BCUT2D eigenvalue weighted by Crippen LogP contribution is 2.25. The van der Waals surface area contributed by atoms with Gasteiger partial charge in [-0.1, -0.05) is 0 Å². The van der Waals surface area contributed by atoms with Crippen LogP contribution >= 0.6 is 7.82 Å². The van der Waals surface area contributed by atoms with Crippen LogP contribution in [0.5, 0.6) is 0 Å². The van der Waals surface area contributed by atoms with Crippen molar-refractivity contribution in [2.24, 2.45) is 5.73 Å². The predicted molar refractivity (Wildman–Crippen MR) is 49.2 cm³/mol. The van der Waals surface area contributed by atoms with Crippen molar-refractivity contribution in [2.75, 3.05) is 6.54 Å². The van der Waals surface area contributed by atoms with E-state index in [4.69, 9.17) is 25.0 Å². The maximum absolute atomic E-state index is 8.88. The zero-order valence-electron chi connectivity index (χ0n) is 7.29. The molecule has 9 heteroatoms. The van der Waals surface area contributed by atoms with E-state index in [1.54, 1.807) is 6.33 Å². The monoisotopic (exact) mass is 227 g/mol. The van der Waals surface area contributed by atoms with Crippen molar-refractivity contribution in [1.29, 1.82) is 0 Å². The largest absolute Gasteiger partial charge is 0.466 e. The Kier molecular flexibility index (Phi) is 8.55. The summed E-state index contributed by atoms with van der Waals surface area (Å²) in [6.07, 6.45) is 4.38. The van der Waals surface area contributed by atoms with Gasteiger partial charge in [-0.15, -0.1) is 0 Å². The summed E-state index contributed by atoms with van der Waals surface area (Å²) in [5.41, 5.74) is 6.30. The minimum absolute atomic E-state index is 0. The SMILES string of the molecule is NCCc1c[nH]cn1.O.O=P(O)(O)O. The molecule has 0 aromatic carbocycles. The quantitative estimate of drug-likeness (QED) is 0.372. The third-order valence-corrected chi connectivity index (χ3v) is 0.955. The van der Waals surface area contributed by atoms with Crippen LogP contribution in [-0.2, 0) is 11.0 Å². The molecule has 0 saturated heterocycles. The van der Waals surface area contributed by atoms with Gasteiger partial charge in [0.05, 0.1) is 12.0 Å². The molecule has 0 unspecified atom stereocenters. The van der Waals surface area contributed by atoms with Crippen LogP contribution in [-0.4, -0.2) is 36.7 Å². The van der Waals surface area contributed by atoms with Gasteiger partial charge in [-0.25, -0.2) is 9.55 Å². The van der Waals surface area contributed by atoms with Crippen LogP contribution in [0.3, 0.4) is 0 Å². The zero-order valence-corrected chi connectivity index (χ0v) is 8.19. The van der Waals surface area contributed by atoms with Crippen LogP contribution in [0.4, 0.5) is 0 Å². The Morgan fingerprint density at radius 3 is 2.29 bits per heavy atom. The first-order valence-corrected chi connectivity index (χ1v) is 4.96. The Hall–Kier alpha value is -0.760. The van der Waals surface area contributed by atoms with Gasteiger partial charge >= 0.3 is 7.82 Å². The van der Waals surface area contributed by atoms with E-state index < -0.39 is 7.82 Å². The van der Waals surface area contributed by atoms with Gasteiger partial charge in [-0.3, -0.25) is 0 Å². The second-order valence-electron chi connectivity index (χ2n) is 2.11. The molecule has 0 amide bonds. The summed E-state index contributed by atoms with van der Waals surface area (Å²) >= 11 is 0. The zero-order chi connectivity index (χ0) is 10.3. The summed E-state index contributed by atoms with van der Waals surface area (Å²) in [6.45, 7) is 0.671. The summed E-state index contributed by atoms with van der Waals surface area (Å²) in [6, 6.07) is 0.